The second-order valence-corrected chi connectivity index (χ2v) is 8.03. The molecule has 1 saturated carbocycles. The van der Waals surface area contributed by atoms with E-state index in [2.05, 4.69) is 4.74 Å². The molecule has 2 fully saturated rings. The molecule has 0 amide bonds. The van der Waals surface area contributed by atoms with Crippen molar-refractivity contribution in [1.29, 1.82) is 0 Å². The number of rotatable bonds is 7. The lowest BCUT2D eigenvalue weighted by Gasteiger charge is -2.48. The standard InChI is InChI=1S/C17H27F3O5/c1-14(2)8-16(9-25-16)12(11(22-5)13(14)21)15(3,4)24-7-6-23-10-17(18,19)20/h11-12H,6-10H2,1-5H3. The van der Waals surface area contributed by atoms with Crippen molar-refractivity contribution in [2.24, 2.45) is 11.3 Å². The van der Waals surface area contributed by atoms with Crippen molar-refractivity contribution in [3.63, 3.8) is 0 Å². The molecule has 1 spiro atoms. The molecule has 0 aromatic carbocycles. The van der Waals surface area contributed by atoms with Crippen molar-refractivity contribution in [1.82, 2.24) is 0 Å². The van der Waals surface area contributed by atoms with Gasteiger partial charge in [-0.25, -0.2) is 0 Å². The molecule has 5 nitrogen and oxygen atoms in total. The van der Waals surface area contributed by atoms with Crippen molar-refractivity contribution >= 4 is 5.78 Å². The number of carbonyl (C=O) groups is 1. The summed E-state index contributed by atoms with van der Waals surface area (Å²) >= 11 is 0. The fraction of sp³-hybridized carbons (Fsp3) is 0.941. The van der Waals surface area contributed by atoms with Gasteiger partial charge in [-0.2, -0.15) is 13.2 Å². The molecule has 0 aromatic rings. The highest BCUT2D eigenvalue weighted by Gasteiger charge is 2.67. The monoisotopic (exact) mass is 368 g/mol. The molecule has 25 heavy (non-hydrogen) atoms. The Morgan fingerprint density at radius 2 is 1.84 bits per heavy atom. The molecule has 2 rings (SSSR count). The number of ketones is 1. The van der Waals surface area contributed by atoms with E-state index in [4.69, 9.17) is 14.2 Å². The molecule has 1 aliphatic heterocycles. The zero-order valence-electron chi connectivity index (χ0n) is 15.4. The van der Waals surface area contributed by atoms with E-state index < -0.39 is 35.5 Å². The number of epoxide rings is 1. The number of carbonyl (C=O) groups excluding carboxylic acids is 1. The van der Waals surface area contributed by atoms with Crippen molar-refractivity contribution in [2.45, 2.75) is 57.6 Å². The molecule has 0 N–H and O–H groups in total. The van der Waals surface area contributed by atoms with Gasteiger partial charge in [-0.1, -0.05) is 13.8 Å². The first-order chi connectivity index (χ1) is 11.3. The lowest BCUT2D eigenvalue weighted by Crippen LogP contribution is -2.61. The molecule has 0 bridgehead atoms. The minimum absolute atomic E-state index is 0.00822. The molecule has 8 heteroatoms. The van der Waals surface area contributed by atoms with Crippen molar-refractivity contribution in [3.8, 4) is 0 Å². The number of hydrogen-bond acceptors (Lipinski definition) is 5. The normalized spacial score (nSPS) is 32.2. The Bertz CT molecular complexity index is 497. The number of methoxy groups -OCH3 is 1. The lowest BCUT2D eigenvalue weighted by molar-refractivity contribution is -0.191. The first-order valence-corrected chi connectivity index (χ1v) is 8.34. The van der Waals surface area contributed by atoms with Gasteiger partial charge in [0.1, 0.15) is 18.3 Å². The maximum absolute atomic E-state index is 12.8. The van der Waals surface area contributed by atoms with E-state index in [1.54, 1.807) is 0 Å². The first-order valence-electron chi connectivity index (χ1n) is 8.34. The van der Waals surface area contributed by atoms with Gasteiger partial charge >= 0.3 is 6.18 Å². The van der Waals surface area contributed by atoms with Gasteiger partial charge in [-0.3, -0.25) is 4.79 Å². The van der Waals surface area contributed by atoms with Crippen LogP contribution in [-0.4, -0.2) is 62.8 Å². The molecular weight excluding hydrogens is 341 g/mol. The van der Waals surface area contributed by atoms with Gasteiger partial charge in [-0.05, 0) is 20.3 Å². The van der Waals surface area contributed by atoms with Crippen molar-refractivity contribution in [3.05, 3.63) is 0 Å². The van der Waals surface area contributed by atoms with Gasteiger partial charge < -0.3 is 18.9 Å². The third-order valence-corrected chi connectivity index (χ3v) is 5.02. The van der Waals surface area contributed by atoms with Crippen LogP contribution in [0.2, 0.25) is 0 Å². The quantitative estimate of drug-likeness (QED) is 0.511. The fourth-order valence-corrected chi connectivity index (χ4v) is 4.01. The topological polar surface area (TPSA) is 57.3 Å². The van der Waals surface area contributed by atoms with Gasteiger partial charge in [0.25, 0.3) is 0 Å². The molecule has 0 radical (unpaired) electrons. The lowest BCUT2D eigenvalue weighted by atomic mass is 9.60. The molecule has 146 valence electrons. The van der Waals surface area contributed by atoms with Crippen LogP contribution < -0.4 is 0 Å². The van der Waals surface area contributed by atoms with Crippen LogP contribution >= 0.6 is 0 Å². The highest BCUT2D eigenvalue weighted by molar-refractivity contribution is 5.90. The maximum Gasteiger partial charge on any atom is 0.411 e. The minimum atomic E-state index is -4.36. The summed E-state index contributed by atoms with van der Waals surface area (Å²) in [5, 5.41) is 0. The summed E-state index contributed by atoms with van der Waals surface area (Å²) in [5.41, 5.74) is -1.86. The summed E-state index contributed by atoms with van der Waals surface area (Å²) in [7, 11) is 1.48. The third-order valence-electron chi connectivity index (χ3n) is 5.02. The molecule has 3 atom stereocenters. The van der Waals surface area contributed by atoms with E-state index in [9.17, 15) is 18.0 Å². The molecular formula is C17H27F3O5. The second kappa shape index (κ2) is 6.79. The summed E-state index contributed by atoms with van der Waals surface area (Å²) in [4.78, 5) is 12.8. The predicted octanol–water partition coefficient (Wildman–Crippen LogP) is 2.76. The zero-order chi connectivity index (χ0) is 19.1. The predicted molar refractivity (Wildman–Crippen MR) is 83.3 cm³/mol. The van der Waals surface area contributed by atoms with E-state index in [0.717, 1.165) is 0 Å². The highest BCUT2D eigenvalue weighted by atomic mass is 19.4. The Hall–Kier alpha value is -0.700. The zero-order valence-corrected chi connectivity index (χ0v) is 15.4. The number of Topliss-reactive ketones (excluding diaryl/α,β-unsaturated/α-hetero) is 1. The third kappa shape index (κ3) is 4.53. The van der Waals surface area contributed by atoms with E-state index in [-0.39, 0.29) is 24.9 Å². The SMILES string of the molecule is COC1C(=O)C(C)(C)CC2(CO2)C1C(C)(C)OCCOCC(F)(F)F. The Morgan fingerprint density at radius 3 is 2.32 bits per heavy atom. The summed E-state index contributed by atoms with van der Waals surface area (Å²) in [6, 6.07) is 0. The number of hydrogen-bond donors (Lipinski definition) is 0. The van der Waals surface area contributed by atoms with Crippen LogP contribution in [0.5, 0.6) is 0 Å². The second-order valence-electron chi connectivity index (χ2n) is 8.03. The smallest absolute Gasteiger partial charge is 0.373 e. The van der Waals surface area contributed by atoms with Gasteiger partial charge in [0.2, 0.25) is 0 Å². The number of alkyl halides is 3. The first kappa shape index (κ1) is 20.6. The fourth-order valence-electron chi connectivity index (χ4n) is 4.01. The van der Waals surface area contributed by atoms with Gasteiger partial charge in [0, 0.05) is 12.5 Å². The van der Waals surface area contributed by atoms with Crippen LogP contribution in [0, 0.1) is 11.3 Å². The maximum atomic E-state index is 12.8. The Morgan fingerprint density at radius 1 is 1.24 bits per heavy atom. The minimum Gasteiger partial charge on any atom is -0.373 e. The summed E-state index contributed by atoms with van der Waals surface area (Å²) in [6.45, 7) is 6.39. The summed E-state index contributed by atoms with van der Waals surface area (Å²) in [6.07, 6.45) is -4.47. The Balaban J connectivity index is 2.02. The highest BCUT2D eigenvalue weighted by Crippen LogP contribution is 2.55. The van der Waals surface area contributed by atoms with Gasteiger partial charge in [0.05, 0.1) is 31.3 Å². The molecule has 1 saturated heterocycles. The summed E-state index contributed by atoms with van der Waals surface area (Å²) in [5.74, 6) is -0.348. The summed E-state index contributed by atoms with van der Waals surface area (Å²) < 4.78 is 57.9. The van der Waals surface area contributed by atoms with Crippen molar-refractivity contribution in [2.75, 3.05) is 33.5 Å². The average molecular weight is 368 g/mol. The molecule has 2 aliphatic rings. The van der Waals surface area contributed by atoms with Crippen LogP contribution in [0.15, 0.2) is 0 Å². The van der Waals surface area contributed by atoms with Crippen molar-refractivity contribution < 1.29 is 36.9 Å². The molecule has 1 heterocycles. The van der Waals surface area contributed by atoms with Gasteiger partial charge in [0.15, 0.2) is 5.78 Å². The van der Waals surface area contributed by atoms with E-state index in [1.807, 2.05) is 27.7 Å². The van der Waals surface area contributed by atoms with Crippen LogP contribution in [-0.2, 0) is 23.7 Å². The number of halogens is 3. The largest absolute Gasteiger partial charge is 0.411 e. The average Bonchev–Trinajstić information content (AvgIpc) is 3.19. The van der Waals surface area contributed by atoms with Crippen LogP contribution in [0.3, 0.4) is 0 Å². The van der Waals surface area contributed by atoms with E-state index in [0.29, 0.717) is 13.0 Å². The molecule has 3 unspecified atom stereocenters. The Labute approximate surface area is 146 Å². The van der Waals surface area contributed by atoms with Crippen LogP contribution in [0.1, 0.15) is 34.1 Å². The van der Waals surface area contributed by atoms with E-state index >= 15 is 0 Å². The Kier molecular flexibility index (Phi) is 5.60. The van der Waals surface area contributed by atoms with Crippen LogP contribution in [0.25, 0.3) is 0 Å². The van der Waals surface area contributed by atoms with E-state index in [1.165, 1.54) is 7.11 Å². The molecule has 1 aliphatic carbocycles. The van der Waals surface area contributed by atoms with Gasteiger partial charge in [-0.15, -0.1) is 0 Å². The number of ether oxygens (including phenoxy) is 4. The van der Waals surface area contributed by atoms with Crippen LogP contribution in [0.4, 0.5) is 13.2 Å². The molecule has 0 aromatic heterocycles.